The lowest BCUT2D eigenvalue weighted by molar-refractivity contribution is 0.1000. The first kappa shape index (κ1) is 15.0. The molecule has 0 aromatic heterocycles. The predicted octanol–water partition coefficient (Wildman–Crippen LogP) is 0.949. The van der Waals surface area contributed by atoms with E-state index >= 15 is 0 Å². The summed E-state index contributed by atoms with van der Waals surface area (Å²) in [4.78, 5) is 11.2. The van der Waals surface area contributed by atoms with Crippen LogP contribution in [0.3, 0.4) is 0 Å². The SMILES string of the molecule is NC(=O)c1ccc(S(=O)(=O)CCC2CCNCC2)cc1. The van der Waals surface area contributed by atoms with E-state index in [0.29, 0.717) is 17.9 Å². The minimum Gasteiger partial charge on any atom is -0.366 e. The summed E-state index contributed by atoms with van der Waals surface area (Å²) in [5, 5.41) is 3.27. The molecule has 20 heavy (non-hydrogen) atoms. The molecule has 0 unspecified atom stereocenters. The number of sulfone groups is 1. The molecule has 1 amide bonds. The second-order valence-corrected chi connectivity index (χ2v) is 7.30. The van der Waals surface area contributed by atoms with Gasteiger partial charge in [0.1, 0.15) is 0 Å². The molecule has 1 aliphatic rings. The van der Waals surface area contributed by atoms with Crippen LogP contribution in [0.5, 0.6) is 0 Å². The average molecular weight is 296 g/mol. The molecule has 2 rings (SSSR count). The van der Waals surface area contributed by atoms with Crippen molar-refractivity contribution in [1.82, 2.24) is 5.32 Å². The van der Waals surface area contributed by atoms with Gasteiger partial charge in [0.2, 0.25) is 5.91 Å². The molecule has 5 nitrogen and oxygen atoms in total. The summed E-state index contributed by atoms with van der Waals surface area (Å²) in [5.41, 5.74) is 5.46. The number of nitrogens with two attached hydrogens (primary N) is 1. The number of nitrogens with one attached hydrogen (secondary N) is 1. The molecule has 0 atom stereocenters. The maximum Gasteiger partial charge on any atom is 0.248 e. The molecule has 6 heteroatoms. The van der Waals surface area contributed by atoms with Crippen molar-refractivity contribution >= 4 is 15.7 Å². The van der Waals surface area contributed by atoms with Gasteiger partial charge in [-0.25, -0.2) is 8.42 Å². The first-order valence-corrected chi connectivity index (χ1v) is 8.47. The van der Waals surface area contributed by atoms with E-state index in [1.807, 2.05) is 0 Å². The number of hydrogen-bond donors (Lipinski definition) is 2. The number of piperidine rings is 1. The highest BCUT2D eigenvalue weighted by molar-refractivity contribution is 7.91. The number of rotatable bonds is 5. The molecule has 1 aromatic carbocycles. The van der Waals surface area contributed by atoms with E-state index in [2.05, 4.69) is 5.32 Å². The van der Waals surface area contributed by atoms with Crippen LogP contribution in [-0.4, -0.2) is 33.2 Å². The average Bonchev–Trinajstić information content (AvgIpc) is 2.46. The molecule has 3 N–H and O–H groups in total. The molecule has 0 aliphatic carbocycles. The number of amides is 1. The van der Waals surface area contributed by atoms with Gasteiger partial charge >= 0.3 is 0 Å². The molecule has 0 spiro atoms. The second-order valence-electron chi connectivity index (χ2n) is 5.19. The largest absolute Gasteiger partial charge is 0.366 e. The van der Waals surface area contributed by atoms with Crippen LogP contribution in [0.25, 0.3) is 0 Å². The van der Waals surface area contributed by atoms with Gasteiger partial charge in [-0.05, 0) is 62.5 Å². The maximum absolute atomic E-state index is 12.2. The Bertz CT molecular complexity index is 561. The van der Waals surface area contributed by atoms with Crippen molar-refractivity contribution in [3.05, 3.63) is 29.8 Å². The van der Waals surface area contributed by atoms with E-state index in [4.69, 9.17) is 5.73 Å². The quantitative estimate of drug-likeness (QED) is 0.846. The van der Waals surface area contributed by atoms with Crippen molar-refractivity contribution in [2.45, 2.75) is 24.2 Å². The van der Waals surface area contributed by atoms with Gasteiger partial charge < -0.3 is 11.1 Å². The molecule has 1 saturated heterocycles. The molecule has 1 aromatic rings. The smallest absolute Gasteiger partial charge is 0.248 e. The van der Waals surface area contributed by atoms with Gasteiger partial charge in [-0.2, -0.15) is 0 Å². The minimum atomic E-state index is -3.27. The van der Waals surface area contributed by atoms with Gasteiger partial charge in [0.15, 0.2) is 9.84 Å². The predicted molar refractivity (Wildman–Crippen MR) is 77.2 cm³/mol. The Morgan fingerprint density at radius 3 is 2.35 bits per heavy atom. The van der Waals surface area contributed by atoms with Gasteiger partial charge in [0.25, 0.3) is 0 Å². The lowest BCUT2D eigenvalue weighted by Gasteiger charge is -2.22. The molecular formula is C14H20N2O3S. The van der Waals surface area contributed by atoms with E-state index in [1.54, 1.807) is 0 Å². The van der Waals surface area contributed by atoms with Crippen molar-refractivity contribution in [1.29, 1.82) is 0 Å². The molecule has 0 radical (unpaired) electrons. The molecule has 0 saturated carbocycles. The molecule has 1 aliphatic heterocycles. The molecule has 1 fully saturated rings. The highest BCUT2D eigenvalue weighted by atomic mass is 32.2. The zero-order valence-corrected chi connectivity index (χ0v) is 12.2. The Kier molecular flexibility index (Phi) is 4.77. The van der Waals surface area contributed by atoms with E-state index in [1.165, 1.54) is 24.3 Å². The number of carbonyl (C=O) groups excluding carboxylic acids is 1. The third-order valence-electron chi connectivity index (χ3n) is 3.75. The maximum atomic E-state index is 12.2. The Morgan fingerprint density at radius 1 is 1.20 bits per heavy atom. The van der Waals surface area contributed by atoms with Gasteiger partial charge in [0, 0.05) is 5.56 Å². The summed E-state index contributed by atoms with van der Waals surface area (Å²) >= 11 is 0. The first-order valence-electron chi connectivity index (χ1n) is 6.82. The van der Waals surface area contributed by atoms with Gasteiger partial charge in [-0.1, -0.05) is 0 Å². The van der Waals surface area contributed by atoms with Crippen LogP contribution in [-0.2, 0) is 9.84 Å². The Morgan fingerprint density at radius 2 is 1.80 bits per heavy atom. The number of carbonyl (C=O) groups is 1. The molecule has 110 valence electrons. The summed E-state index contributed by atoms with van der Waals surface area (Å²) in [6.07, 6.45) is 2.77. The van der Waals surface area contributed by atoms with Crippen LogP contribution < -0.4 is 11.1 Å². The standard InChI is InChI=1S/C14H20N2O3S/c15-14(17)12-1-3-13(4-2-12)20(18,19)10-7-11-5-8-16-9-6-11/h1-4,11,16H,5-10H2,(H2,15,17). The minimum absolute atomic E-state index is 0.160. The monoisotopic (exact) mass is 296 g/mol. The Hall–Kier alpha value is -1.40. The van der Waals surface area contributed by atoms with Crippen molar-refractivity contribution < 1.29 is 13.2 Å². The van der Waals surface area contributed by atoms with E-state index in [9.17, 15) is 13.2 Å². The van der Waals surface area contributed by atoms with Crippen LogP contribution in [0.4, 0.5) is 0 Å². The summed E-state index contributed by atoms with van der Waals surface area (Å²) in [6, 6.07) is 5.83. The molecule has 1 heterocycles. The summed E-state index contributed by atoms with van der Waals surface area (Å²) in [5.74, 6) is 0.0905. The lowest BCUT2D eigenvalue weighted by atomic mass is 9.96. The fourth-order valence-electron chi connectivity index (χ4n) is 2.44. The number of primary amides is 1. The topological polar surface area (TPSA) is 89.3 Å². The van der Waals surface area contributed by atoms with Crippen molar-refractivity contribution in [3.63, 3.8) is 0 Å². The third-order valence-corrected chi connectivity index (χ3v) is 5.52. The Labute approximate surface area is 119 Å². The normalized spacial score (nSPS) is 17.0. The number of benzene rings is 1. The van der Waals surface area contributed by atoms with Crippen LogP contribution in [0, 0.1) is 5.92 Å². The van der Waals surface area contributed by atoms with Crippen LogP contribution in [0.1, 0.15) is 29.6 Å². The summed E-state index contributed by atoms with van der Waals surface area (Å²) in [7, 11) is -3.27. The molecular weight excluding hydrogens is 276 g/mol. The summed E-state index contributed by atoms with van der Waals surface area (Å²) < 4.78 is 24.4. The Balaban J connectivity index is 2.00. The van der Waals surface area contributed by atoms with Crippen molar-refractivity contribution in [2.75, 3.05) is 18.8 Å². The van der Waals surface area contributed by atoms with E-state index in [0.717, 1.165) is 25.9 Å². The van der Waals surface area contributed by atoms with Crippen LogP contribution in [0.2, 0.25) is 0 Å². The second kappa shape index (κ2) is 6.37. The van der Waals surface area contributed by atoms with Gasteiger partial charge in [-0.3, -0.25) is 4.79 Å². The van der Waals surface area contributed by atoms with E-state index < -0.39 is 15.7 Å². The van der Waals surface area contributed by atoms with Crippen LogP contribution >= 0.6 is 0 Å². The van der Waals surface area contributed by atoms with Gasteiger partial charge in [0.05, 0.1) is 10.6 Å². The van der Waals surface area contributed by atoms with E-state index in [-0.39, 0.29) is 10.6 Å². The molecule has 0 bridgehead atoms. The van der Waals surface area contributed by atoms with Crippen molar-refractivity contribution in [3.8, 4) is 0 Å². The van der Waals surface area contributed by atoms with Crippen LogP contribution in [0.15, 0.2) is 29.2 Å². The lowest BCUT2D eigenvalue weighted by Crippen LogP contribution is -2.28. The highest BCUT2D eigenvalue weighted by Gasteiger charge is 2.19. The van der Waals surface area contributed by atoms with Gasteiger partial charge in [-0.15, -0.1) is 0 Å². The summed E-state index contributed by atoms with van der Waals surface area (Å²) in [6.45, 7) is 1.94. The zero-order valence-electron chi connectivity index (χ0n) is 11.3. The fourth-order valence-corrected chi connectivity index (χ4v) is 3.87. The number of hydrogen-bond acceptors (Lipinski definition) is 4. The highest BCUT2D eigenvalue weighted by Crippen LogP contribution is 2.20. The first-order chi connectivity index (χ1) is 9.49. The fraction of sp³-hybridized carbons (Fsp3) is 0.500. The zero-order chi connectivity index (χ0) is 14.6. The van der Waals surface area contributed by atoms with Crippen molar-refractivity contribution in [2.24, 2.45) is 11.7 Å². The third kappa shape index (κ3) is 3.80.